The molecular weight excluding hydrogens is 320 g/mol. The van der Waals surface area contributed by atoms with Gasteiger partial charge in [0.2, 0.25) is 5.91 Å². The number of rotatable bonds is 7. The first kappa shape index (κ1) is 17.4. The number of hydrogen-bond donors (Lipinski definition) is 2. The third kappa shape index (κ3) is 5.02. The van der Waals surface area contributed by atoms with Gasteiger partial charge in [-0.1, -0.05) is 0 Å². The minimum Gasteiger partial charge on any atom is -0.481 e. The summed E-state index contributed by atoms with van der Waals surface area (Å²) >= 11 is 1.25. The molecule has 1 aromatic heterocycles. The monoisotopic (exact) mass is 340 g/mol. The number of likely N-dealkylation sites (tertiary alicyclic amines) is 1. The number of nitrogens with one attached hydrogen (secondary N) is 1. The van der Waals surface area contributed by atoms with E-state index in [4.69, 9.17) is 9.52 Å². The molecule has 1 aliphatic rings. The Morgan fingerprint density at radius 3 is 2.91 bits per heavy atom. The molecule has 1 atom stereocenters. The van der Waals surface area contributed by atoms with Crippen LogP contribution < -0.4 is 5.32 Å². The quantitative estimate of drug-likeness (QED) is 0.724. The molecule has 126 valence electrons. The Labute approximate surface area is 138 Å². The van der Waals surface area contributed by atoms with Gasteiger partial charge in [0.05, 0.1) is 12.0 Å². The molecule has 1 aliphatic heterocycles. The topological polar surface area (TPSA) is 99.9 Å². The number of carbonyl (C=O) groups is 3. The van der Waals surface area contributed by atoms with Crippen molar-refractivity contribution in [1.29, 1.82) is 0 Å². The van der Waals surface area contributed by atoms with Crippen molar-refractivity contribution < 1.29 is 23.9 Å². The highest BCUT2D eigenvalue weighted by molar-refractivity contribution is 7.99. The maximum atomic E-state index is 12.4. The van der Waals surface area contributed by atoms with Gasteiger partial charge in [-0.05, 0) is 31.4 Å². The van der Waals surface area contributed by atoms with Gasteiger partial charge in [0.25, 0.3) is 5.91 Å². The van der Waals surface area contributed by atoms with E-state index in [0.717, 1.165) is 12.8 Å². The number of carboxylic acids is 1. The van der Waals surface area contributed by atoms with Gasteiger partial charge in [-0.25, -0.2) is 0 Å². The summed E-state index contributed by atoms with van der Waals surface area (Å²) in [6, 6.07) is 2.74. The number of piperidine rings is 1. The highest BCUT2D eigenvalue weighted by Gasteiger charge is 2.33. The second-order valence-corrected chi connectivity index (χ2v) is 6.33. The van der Waals surface area contributed by atoms with Crippen LogP contribution in [0.2, 0.25) is 0 Å². The SMILES string of the molecule is O=C(O)CSCCNC(=O)C1CCCCN1C(=O)c1ccco1. The van der Waals surface area contributed by atoms with Crippen molar-refractivity contribution in [1.82, 2.24) is 10.2 Å². The number of carboxylic acid groups (broad SMARTS) is 1. The van der Waals surface area contributed by atoms with Crippen LogP contribution in [-0.2, 0) is 9.59 Å². The molecule has 2 amide bonds. The van der Waals surface area contributed by atoms with Gasteiger partial charge in [0.1, 0.15) is 6.04 Å². The average molecular weight is 340 g/mol. The molecule has 0 bridgehead atoms. The highest BCUT2D eigenvalue weighted by atomic mass is 32.2. The Morgan fingerprint density at radius 1 is 1.39 bits per heavy atom. The molecule has 0 radical (unpaired) electrons. The van der Waals surface area contributed by atoms with E-state index in [1.165, 1.54) is 18.0 Å². The second-order valence-electron chi connectivity index (χ2n) is 5.22. The Kier molecular flexibility index (Phi) is 6.52. The summed E-state index contributed by atoms with van der Waals surface area (Å²) in [5.74, 6) is -0.555. The van der Waals surface area contributed by atoms with E-state index in [0.29, 0.717) is 25.3 Å². The van der Waals surface area contributed by atoms with Crippen LogP contribution in [0.5, 0.6) is 0 Å². The van der Waals surface area contributed by atoms with E-state index in [-0.39, 0.29) is 23.3 Å². The molecule has 23 heavy (non-hydrogen) atoms. The van der Waals surface area contributed by atoms with Gasteiger partial charge in [-0.3, -0.25) is 14.4 Å². The molecule has 2 N–H and O–H groups in total. The van der Waals surface area contributed by atoms with Gasteiger partial charge in [0.15, 0.2) is 5.76 Å². The zero-order valence-corrected chi connectivity index (χ0v) is 13.5. The molecule has 0 aromatic carbocycles. The van der Waals surface area contributed by atoms with Crippen molar-refractivity contribution in [2.24, 2.45) is 0 Å². The Bertz CT molecular complexity index is 546. The molecule has 1 fully saturated rings. The largest absolute Gasteiger partial charge is 0.481 e. The maximum absolute atomic E-state index is 12.4. The molecule has 2 rings (SSSR count). The smallest absolute Gasteiger partial charge is 0.313 e. The molecule has 0 aliphatic carbocycles. The predicted octanol–water partition coefficient (Wildman–Crippen LogP) is 1.21. The summed E-state index contributed by atoms with van der Waals surface area (Å²) in [4.78, 5) is 36.7. The number of amides is 2. The Morgan fingerprint density at radius 2 is 2.22 bits per heavy atom. The minimum absolute atomic E-state index is 0.0163. The fourth-order valence-electron chi connectivity index (χ4n) is 2.51. The van der Waals surface area contributed by atoms with E-state index in [1.54, 1.807) is 17.0 Å². The first-order valence-electron chi connectivity index (χ1n) is 7.51. The molecule has 2 heterocycles. The van der Waals surface area contributed by atoms with E-state index in [9.17, 15) is 14.4 Å². The van der Waals surface area contributed by atoms with Gasteiger partial charge in [-0.2, -0.15) is 0 Å². The van der Waals surface area contributed by atoms with Crippen LogP contribution in [0.25, 0.3) is 0 Å². The van der Waals surface area contributed by atoms with Crippen LogP contribution in [0.15, 0.2) is 22.8 Å². The molecule has 1 saturated heterocycles. The zero-order valence-electron chi connectivity index (χ0n) is 12.7. The zero-order chi connectivity index (χ0) is 16.7. The molecular formula is C15H20N2O5S. The maximum Gasteiger partial charge on any atom is 0.313 e. The lowest BCUT2D eigenvalue weighted by Crippen LogP contribution is -2.52. The Hall–Kier alpha value is -1.96. The lowest BCUT2D eigenvalue weighted by atomic mass is 10.0. The molecule has 7 nitrogen and oxygen atoms in total. The van der Waals surface area contributed by atoms with Crippen LogP contribution >= 0.6 is 11.8 Å². The third-order valence-electron chi connectivity index (χ3n) is 3.57. The fourth-order valence-corrected chi connectivity index (χ4v) is 3.08. The molecule has 8 heteroatoms. The summed E-state index contributed by atoms with van der Waals surface area (Å²) in [5, 5.41) is 11.3. The van der Waals surface area contributed by atoms with Crippen LogP contribution in [0.3, 0.4) is 0 Å². The number of hydrogen-bond acceptors (Lipinski definition) is 5. The summed E-state index contributed by atoms with van der Waals surface area (Å²) < 4.78 is 5.13. The summed E-state index contributed by atoms with van der Waals surface area (Å²) in [6.45, 7) is 0.918. The van der Waals surface area contributed by atoms with E-state index < -0.39 is 12.0 Å². The van der Waals surface area contributed by atoms with Gasteiger partial charge in [0, 0.05) is 18.8 Å². The number of nitrogens with zero attached hydrogens (tertiary/aromatic N) is 1. The first-order valence-corrected chi connectivity index (χ1v) is 8.67. The molecule has 1 aromatic rings. The predicted molar refractivity (Wildman–Crippen MR) is 85.4 cm³/mol. The first-order chi connectivity index (χ1) is 11.1. The highest BCUT2D eigenvalue weighted by Crippen LogP contribution is 2.20. The average Bonchev–Trinajstić information content (AvgIpc) is 3.08. The van der Waals surface area contributed by atoms with Gasteiger partial charge in [-0.15, -0.1) is 11.8 Å². The number of aliphatic carboxylic acids is 1. The molecule has 0 saturated carbocycles. The molecule has 1 unspecified atom stereocenters. The van der Waals surface area contributed by atoms with Crippen LogP contribution in [0, 0.1) is 0 Å². The normalized spacial score (nSPS) is 17.7. The van der Waals surface area contributed by atoms with Crippen molar-refractivity contribution in [2.75, 3.05) is 24.6 Å². The standard InChI is InChI=1S/C15H20N2O5S/c18-13(19)10-23-9-6-16-14(20)11-4-1-2-7-17(11)15(21)12-5-3-8-22-12/h3,5,8,11H,1-2,4,6-7,9-10H2,(H,16,20)(H,18,19). The number of carbonyl (C=O) groups excluding carboxylic acids is 2. The molecule has 0 spiro atoms. The van der Waals surface area contributed by atoms with Crippen LogP contribution in [0.4, 0.5) is 0 Å². The van der Waals surface area contributed by atoms with E-state index in [1.807, 2.05) is 0 Å². The summed E-state index contributed by atoms with van der Waals surface area (Å²) in [6.07, 6.45) is 3.82. The lowest BCUT2D eigenvalue weighted by molar-refractivity contribution is -0.134. The lowest BCUT2D eigenvalue weighted by Gasteiger charge is -2.34. The fraction of sp³-hybridized carbons (Fsp3) is 0.533. The summed E-state index contributed by atoms with van der Waals surface area (Å²) in [7, 11) is 0. The third-order valence-corrected chi connectivity index (χ3v) is 4.51. The van der Waals surface area contributed by atoms with Crippen molar-refractivity contribution in [3.05, 3.63) is 24.2 Å². The minimum atomic E-state index is -0.871. The van der Waals surface area contributed by atoms with Gasteiger partial charge < -0.3 is 19.7 Å². The second kappa shape index (κ2) is 8.61. The van der Waals surface area contributed by atoms with Crippen molar-refractivity contribution >= 4 is 29.5 Å². The van der Waals surface area contributed by atoms with Crippen LogP contribution in [-0.4, -0.2) is 58.4 Å². The van der Waals surface area contributed by atoms with Crippen molar-refractivity contribution in [2.45, 2.75) is 25.3 Å². The van der Waals surface area contributed by atoms with Crippen molar-refractivity contribution in [3.63, 3.8) is 0 Å². The van der Waals surface area contributed by atoms with Crippen LogP contribution in [0.1, 0.15) is 29.8 Å². The van der Waals surface area contributed by atoms with E-state index in [2.05, 4.69) is 5.32 Å². The van der Waals surface area contributed by atoms with E-state index >= 15 is 0 Å². The Balaban J connectivity index is 1.86. The summed E-state index contributed by atoms with van der Waals surface area (Å²) in [5.41, 5.74) is 0. The van der Waals surface area contributed by atoms with Crippen molar-refractivity contribution in [3.8, 4) is 0 Å². The number of thioether (sulfide) groups is 1. The number of furan rings is 1. The van der Waals surface area contributed by atoms with Gasteiger partial charge >= 0.3 is 5.97 Å².